The minimum atomic E-state index is -0.714. The zero-order chi connectivity index (χ0) is 19.1. The van der Waals surface area contributed by atoms with Crippen molar-refractivity contribution in [3.8, 4) is 0 Å². The second-order valence-corrected chi connectivity index (χ2v) is 6.63. The Hall–Kier alpha value is -2.26. The van der Waals surface area contributed by atoms with Gasteiger partial charge in [0, 0.05) is 45.2 Å². The number of rotatable bonds is 7. The third-order valence-corrected chi connectivity index (χ3v) is 4.69. The number of esters is 1. The highest BCUT2D eigenvalue weighted by Crippen LogP contribution is 2.13. The van der Waals surface area contributed by atoms with Crippen LogP contribution in [0.1, 0.15) is 19.8 Å². The summed E-state index contributed by atoms with van der Waals surface area (Å²) in [6.07, 6.45) is 4.69. The van der Waals surface area contributed by atoms with E-state index in [0.717, 1.165) is 19.4 Å². The number of anilines is 1. The van der Waals surface area contributed by atoms with Crippen molar-refractivity contribution >= 4 is 17.8 Å². The van der Waals surface area contributed by atoms with Crippen LogP contribution >= 0.6 is 0 Å². The largest absolute Gasteiger partial charge is 0.454 e. The summed E-state index contributed by atoms with van der Waals surface area (Å²) in [6.45, 7) is 4.84. The van der Waals surface area contributed by atoms with Gasteiger partial charge in [-0.15, -0.1) is 0 Å². The normalized spacial score (nSPS) is 21.1. The number of carbonyl (C=O) groups excluding carboxylic acids is 2. The van der Waals surface area contributed by atoms with Gasteiger partial charge in [0.05, 0.1) is 12.7 Å². The van der Waals surface area contributed by atoms with E-state index in [9.17, 15) is 9.59 Å². The van der Waals surface area contributed by atoms with Gasteiger partial charge in [-0.3, -0.25) is 4.79 Å². The Balaban J connectivity index is 1.34. The van der Waals surface area contributed by atoms with Crippen LogP contribution in [0.5, 0.6) is 0 Å². The van der Waals surface area contributed by atoms with E-state index in [4.69, 9.17) is 14.2 Å². The molecule has 0 saturated carbocycles. The van der Waals surface area contributed by atoms with Crippen LogP contribution in [0.3, 0.4) is 0 Å². The zero-order valence-electron chi connectivity index (χ0n) is 15.6. The molecule has 2 aliphatic rings. The molecule has 9 heteroatoms. The molecule has 0 aliphatic carbocycles. The monoisotopic (exact) mass is 378 g/mol. The average molecular weight is 378 g/mol. The van der Waals surface area contributed by atoms with Crippen LogP contribution in [-0.2, 0) is 23.8 Å². The molecule has 27 heavy (non-hydrogen) atoms. The van der Waals surface area contributed by atoms with Gasteiger partial charge in [0.15, 0.2) is 12.7 Å². The van der Waals surface area contributed by atoms with Crippen molar-refractivity contribution in [1.29, 1.82) is 0 Å². The molecule has 0 radical (unpaired) electrons. The van der Waals surface area contributed by atoms with Gasteiger partial charge in [-0.25, -0.2) is 14.8 Å². The first-order chi connectivity index (χ1) is 13.1. The Morgan fingerprint density at radius 2 is 2.00 bits per heavy atom. The maximum atomic E-state index is 12.3. The molecule has 2 aliphatic heterocycles. The van der Waals surface area contributed by atoms with E-state index in [-0.39, 0.29) is 18.6 Å². The highest BCUT2D eigenvalue weighted by Gasteiger charge is 2.25. The summed E-state index contributed by atoms with van der Waals surface area (Å²) in [5, 5.41) is 0. The molecule has 3 rings (SSSR count). The summed E-state index contributed by atoms with van der Waals surface area (Å²) < 4.78 is 16.0. The lowest BCUT2D eigenvalue weighted by Crippen LogP contribution is -2.50. The van der Waals surface area contributed by atoms with Crippen LogP contribution in [0.25, 0.3) is 0 Å². The van der Waals surface area contributed by atoms with Gasteiger partial charge in [0.1, 0.15) is 0 Å². The maximum absolute atomic E-state index is 12.3. The van der Waals surface area contributed by atoms with E-state index >= 15 is 0 Å². The van der Waals surface area contributed by atoms with Crippen LogP contribution in [0.4, 0.5) is 5.95 Å². The minimum Gasteiger partial charge on any atom is -0.454 e. The Labute approximate surface area is 158 Å². The molecule has 0 bridgehead atoms. The smallest absolute Gasteiger partial charge is 0.335 e. The first kappa shape index (κ1) is 19.5. The van der Waals surface area contributed by atoms with Crippen molar-refractivity contribution in [2.75, 3.05) is 50.9 Å². The molecular formula is C18H26N4O5. The predicted molar refractivity (Wildman–Crippen MR) is 96.2 cm³/mol. The van der Waals surface area contributed by atoms with Crippen molar-refractivity contribution < 1.29 is 23.8 Å². The van der Waals surface area contributed by atoms with Crippen LogP contribution in [-0.4, -0.2) is 85.0 Å². The molecular weight excluding hydrogens is 352 g/mol. The Kier molecular flexibility index (Phi) is 6.94. The van der Waals surface area contributed by atoms with Crippen LogP contribution in [0.2, 0.25) is 0 Å². The molecule has 1 aromatic rings. The molecule has 1 aromatic heterocycles. The van der Waals surface area contributed by atoms with Crippen molar-refractivity contribution in [3.63, 3.8) is 0 Å². The lowest BCUT2D eigenvalue weighted by molar-refractivity contribution is -0.162. The van der Waals surface area contributed by atoms with Crippen molar-refractivity contribution in [1.82, 2.24) is 14.9 Å². The quantitative estimate of drug-likeness (QED) is 0.624. The van der Waals surface area contributed by atoms with Crippen molar-refractivity contribution in [3.05, 3.63) is 18.5 Å². The van der Waals surface area contributed by atoms with Gasteiger partial charge in [0.2, 0.25) is 5.95 Å². The van der Waals surface area contributed by atoms with Gasteiger partial charge in [-0.1, -0.05) is 0 Å². The molecule has 2 atom stereocenters. The second-order valence-electron chi connectivity index (χ2n) is 6.63. The molecule has 1 amide bonds. The molecule has 2 fully saturated rings. The van der Waals surface area contributed by atoms with E-state index in [1.165, 1.54) is 0 Å². The van der Waals surface area contributed by atoms with E-state index in [2.05, 4.69) is 9.97 Å². The Bertz CT molecular complexity index is 615. The second kappa shape index (κ2) is 9.61. The molecule has 2 unspecified atom stereocenters. The van der Waals surface area contributed by atoms with Crippen LogP contribution < -0.4 is 4.90 Å². The summed E-state index contributed by atoms with van der Waals surface area (Å²) in [5.41, 5.74) is 0. The number of aromatic nitrogens is 2. The molecule has 3 heterocycles. The van der Waals surface area contributed by atoms with Gasteiger partial charge >= 0.3 is 5.97 Å². The number of amides is 1. The number of nitrogens with zero attached hydrogens (tertiary/aromatic N) is 4. The van der Waals surface area contributed by atoms with Crippen LogP contribution in [0, 0.1) is 0 Å². The van der Waals surface area contributed by atoms with Crippen LogP contribution in [0.15, 0.2) is 18.5 Å². The third-order valence-electron chi connectivity index (χ3n) is 4.69. The number of hydrogen-bond acceptors (Lipinski definition) is 8. The number of ether oxygens (including phenoxy) is 3. The summed E-state index contributed by atoms with van der Waals surface area (Å²) >= 11 is 0. The number of carbonyl (C=O) groups is 2. The minimum absolute atomic E-state index is 0.0479. The molecule has 2 saturated heterocycles. The van der Waals surface area contributed by atoms with E-state index < -0.39 is 12.1 Å². The number of piperazine rings is 1. The molecule has 0 aromatic carbocycles. The standard InChI is InChI=1S/C18H26N4O5/c1-14(26-12-15-4-2-11-25-15)17(24)27-13-16(23)21-7-9-22(10-8-21)18-19-5-3-6-20-18/h3,5-6,14-15H,2,4,7-13H2,1H3. The van der Waals surface area contributed by atoms with Crippen molar-refractivity contribution in [2.45, 2.75) is 32.0 Å². The SMILES string of the molecule is CC(OCC1CCCO1)C(=O)OCC(=O)N1CCN(c2ncccn2)CC1. The maximum Gasteiger partial charge on any atom is 0.335 e. The van der Waals surface area contributed by atoms with E-state index in [0.29, 0.717) is 38.7 Å². The molecule has 9 nitrogen and oxygen atoms in total. The van der Waals surface area contributed by atoms with Gasteiger partial charge in [-0.05, 0) is 25.8 Å². The zero-order valence-corrected chi connectivity index (χ0v) is 15.6. The first-order valence-electron chi connectivity index (χ1n) is 9.33. The molecule has 0 N–H and O–H groups in total. The fourth-order valence-electron chi connectivity index (χ4n) is 3.05. The third kappa shape index (κ3) is 5.61. The van der Waals surface area contributed by atoms with Gasteiger partial charge in [0.25, 0.3) is 5.91 Å². The highest BCUT2D eigenvalue weighted by molar-refractivity contribution is 5.82. The average Bonchev–Trinajstić information content (AvgIpc) is 3.24. The molecule has 148 valence electrons. The molecule has 0 spiro atoms. The topological polar surface area (TPSA) is 94.1 Å². The lowest BCUT2D eigenvalue weighted by atomic mass is 10.2. The summed E-state index contributed by atoms with van der Waals surface area (Å²) in [7, 11) is 0. The Morgan fingerprint density at radius 1 is 1.26 bits per heavy atom. The van der Waals surface area contributed by atoms with E-state index in [1.54, 1.807) is 30.3 Å². The lowest BCUT2D eigenvalue weighted by Gasteiger charge is -2.34. The van der Waals surface area contributed by atoms with Gasteiger partial charge in [-0.2, -0.15) is 0 Å². The fraction of sp³-hybridized carbons (Fsp3) is 0.667. The fourth-order valence-corrected chi connectivity index (χ4v) is 3.05. The first-order valence-corrected chi connectivity index (χ1v) is 9.33. The highest BCUT2D eigenvalue weighted by atomic mass is 16.6. The summed E-state index contributed by atoms with van der Waals surface area (Å²) in [5.74, 6) is -0.0748. The van der Waals surface area contributed by atoms with Gasteiger partial charge < -0.3 is 24.0 Å². The Morgan fingerprint density at radius 3 is 2.67 bits per heavy atom. The van der Waals surface area contributed by atoms with E-state index in [1.807, 2.05) is 4.90 Å². The summed E-state index contributed by atoms with van der Waals surface area (Å²) in [6, 6.07) is 1.77. The summed E-state index contributed by atoms with van der Waals surface area (Å²) in [4.78, 5) is 36.4. The number of hydrogen-bond donors (Lipinski definition) is 0. The van der Waals surface area contributed by atoms with Crippen molar-refractivity contribution in [2.24, 2.45) is 0 Å². The predicted octanol–water partition coefficient (Wildman–Crippen LogP) is 0.253.